The summed E-state index contributed by atoms with van der Waals surface area (Å²) in [7, 11) is -1.93. The molecule has 0 aliphatic rings. The Morgan fingerprint density at radius 3 is 2.57 bits per heavy atom. The van der Waals surface area contributed by atoms with Gasteiger partial charge >= 0.3 is 0 Å². The SMILES string of the molecule is CNc1cc(S(=O)(=O)NC(C)c2cc(C)oc2C)ccn1. The first kappa shape index (κ1) is 15.5. The minimum absolute atomic E-state index is 0.173. The van der Waals surface area contributed by atoms with Crippen LogP contribution in [0.15, 0.2) is 33.7 Å². The minimum Gasteiger partial charge on any atom is -0.466 e. The first-order valence-electron chi connectivity index (χ1n) is 6.56. The van der Waals surface area contributed by atoms with Crippen LogP contribution in [0.1, 0.15) is 30.0 Å². The topological polar surface area (TPSA) is 84.2 Å². The number of rotatable bonds is 5. The van der Waals surface area contributed by atoms with Crippen molar-refractivity contribution in [3.8, 4) is 0 Å². The van der Waals surface area contributed by atoms with E-state index in [2.05, 4.69) is 15.0 Å². The molecule has 114 valence electrons. The molecular formula is C14H19N3O3S. The number of sulfonamides is 1. The van der Waals surface area contributed by atoms with Crippen molar-refractivity contribution in [1.82, 2.24) is 9.71 Å². The number of furan rings is 1. The number of hydrogen-bond acceptors (Lipinski definition) is 5. The molecule has 0 aliphatic heterocycles. The van der Waals surface area contributed by atoms with Crippen LogP contribution in [0.5, 0.6) is 0 Å². The Kier molecular flexibility index (Phi) is 4.34. The van der Waals surface area contributed by atoms with Crippen LogP contribution < -0.4 is 10.0 Å². The molecule has 0 fully saturated rings. The zero-order valence-corrected chi connectivity index (χ0v) is 13.3. The van der Waals surface area contributed by atoms with Crippen LogP contribution in [0.3, 0.4) is 0 Å². The molecule has 2 aromatic rings. The van der Waals surface area contributed by atoms with Gasteiger partial charge < -0.3 is 9.73 Å². The molecule has 6 nitrogen and oxygen atoms in total. The van der Waals surface area contributed by atoms with E-state index < -0.39 is 10.0 Å². The van der Waals surface area contributed by atoms with Crippen LogP contribution in [0.2, 0.25) is 0 Å². The van der Waals surface area contributed by atoms with Crippen molar-refractivity contribution in [3.05, 3.63) is 41.5 Å². The Labute approximate surface area is 124 Å². The summed E-state index contributed by atoms with van der Waals surface area (Å²) in [5.41, 5.74) is 0.832. The molecule has 0 radical (unpaired) electrons. The van der Waals surface area contributed by atoms with Gasteiger partial charge in [-0.3, -0.25) is 0 Å². The van der Waals surface area contributed by atoms with E-state index >= 15 is 0 Å². The highest BCUT2D eigenvalue weighted by Crippen LogP contribution is 2.23. The fourth-order valence-electron chi connectivity index (χ4n) is 2.16. The van der Waals surface area contributed by atoms with Crippen molar-refractivity contribution in [2.45, 2.75) is 31.7 Å². The molecule has 2 aromatic heterocycles. The van der Waals surface area contributed by atoms with E-state index in [1.54, 1.807) is 14.0 Å². The molecule has 1 atom stereocenters. The second kappa shape index (κ2) is 5.87. The quantitative estimate of drug-likeness (QED) is 0.886. The van der Waals surface area contributed by atoms with Gasteiger partial charge in [0.1, 0.15) is 17.3 Å². The van der Waals surface area contributed by atoms with Crippen molar-refractivity contribution in [1.29, 1.82) is 0 Å². The van der Waals surface area contributed by atoms with Gasteiger partial charge in [0.15, 0.2) is 0 Å². The fourth-order valence-corrected chi connectivity index (χ4v) is 3.39. The van der Waals surface area contributed by atoms with Crippen LogP contribution in [0.25, 0.3) is 0 Å². The third kappa shape index (κ3) is 3.43. The maximum atomic E-state index is 12.4. The van der Waals surface area contributed by atoms with Crippen molar-refractivity contribution in [3.63, 3.8) is 0 Å². The van der Waals surface area contributed by atoms with E-state index in [0.29, 0.717) is 11.6 Å². The van der Waals surface area contributed by atoms with Gasteiger partial charge in [0.2, 0.25) is 10.0 Å². The molecule has 0 spiro atoms. The maximum absolute atomic E-state index is 12.4. The average Bonchev–Trinajstić information content (AvgIpc) is 2.77. The number of pyridine rings is 1. The summed E-state index contributed by atoms with van der Waals surface area (Å²) in [6, 6.07) is 4.42. The second-order valence-electron chi connectivity index (χ2n) is 4.84. The lowest BCUT2D eigenvalue weighted by atomic mass is 10.1. The standard InChI is InChI=1S/C14H19N3O3S/c1-9-7-13(11(3)20-9)10(2)17-21(18,19)12-5-6-16-14(8-12)15-4/h5-8,10,17H,1-4H3,(H,15,16). The van der Waals surface area contributed by atoms with Gasteiger partial charge in [-0.2, -0.15) is 0 Å². The monoisotopic (exact) mass is 309 g/mol. The lowest BCUT2D eigenvalue weighted by Gasteiger charge is -2.14. The van der Waals surface area contributed by atoms with Crippen molar-refractivity contribution in [2.24, 2.45) is 0 Å². The first-order chi connectivity index (χ1) is 9.83. The van der Waals surface area contributed by atoms with Gasteiger partial charge in [-0.15, -0.1) is 0 Å². The Balaban J connectivity index is 2.26. The van der Waals surface area contributed by atoms with E-state index in [-0.39, 0.29) is 10.9 Å². The van der Waals surface area contributed by atoms with Crippen LogP contribution in [0, 0.1) is 13.8 Å². The molecule has 0 bridgehead atoms. The van der Waals surface area contributed by atoms with E-state index in [9.17, 15) is 8.42 Å². The molecule has 2 rings (SSSR count). The lowest BCUT2D eigenvalue weighted by molar-refractivity contribution is 0.496. The largest absolute Gasteiger partial charge is 0.466 e. The summed E-state index contributed by atoms with van der Waals surface area (Å²) >= 11 is 0. The molecule has 2 heterocycles. The van der Waals surface area contributed by atoms with E-state index in [1.165, 1.54) is 18.3 Å². The van der Waals surface area contributed by atoms with Crippen molar-refractivity contribution in [2.75, 3.05) is 12.4 Å². The Bertz CT molecular complexity index is 738. The second-order valence-corrected chi connectivity index (χ2v) is 6.55. The Hall–Kier alpha value is -1.86. The summed E-state index contributed by atoms with van der Waals surface area (Å²) in [6.45, 7) is 5.44. The van der Waals surface area contributed by atoms with E-state index in [0.717, 1.165) is 11.3 Å². The van der Waals surface area contributed by atoms with Crippen LogP contribution >= 0.6 is 0 Å². The predicted molar refractivity (Wildman–Crippen MR) is 80.7 cm³/mol. The zero-order valence-electron chi connectivity index (χ0n) is 12.5. The van der Waals surface area contributed by atoms with Gasteiger partial charge in [0, 0.05) is 30.9 Å². The first-order valence-corrected chi connectivity index (χ1v) is 8.05. The van der Waals surface area contributed by atoms with Crippen molar-refractivity contribution >= 4 is 15.8 Å². The third-order valence-corrected chi connectivity index (χ3v) is 4.71. The molecule has 7 heteroatoms. The molecule has 1 unspecified atom stereocenters. The van der Waals surface area contributed by atoms with E-state index in [1.807, 2.05) is 19.9 Å². The normalized spacial score (nSPS) is 13.1. The van der Waals surface area contributed by atoms with Gasteiger partial charge in [0.25, 0.3) is 0 Å². The molecule has 0 aliphatic carbocycles. The van der Waals surface area contributed by atoms with Crippen LogP contribution in [0.4, 0.5) is 5.82 Å². The molecular weight excluding hydrogens is 290 g/mol. The highest BCUT2D eigenvalue weighted by molar-refractivity contribution is 7.89. The van der Waals surface area contributed by atoms with Gasteiger partial charge in [-0.25, -0.2) is 18.1 Å². The summed E-state index contributed by atoms with van der Waals surface area (Å²) in [5, 5.41) is 2.82. The molecule has 0 amide bonds. The smallest absolute Gasteiger partial charge is 0.241 e. The van der Waals surface area contributed by atoms with Gasteiger partial charge in [-0.05, 0) is 32.9 Å². The zero-order chi connectivity index (χ0) is 15.6. The molecule has 2 N–H and O–H groups in total. The summed E-state index contributed by atoms with van der Waals surface area (Å²) in [6.07, 6.45) is 1.46. The van der Waals surface area contributed by atoms with Gasteiger partial charge in [-0.1, -0.05) is 0 Å². The highest BCUT2D eigenvalue weighted by Gasteiger charge is 2.21. The Morgan fingerprint density at radius 2 is 2.00 bits per heavy atom. The third-order valence-electron chi connectivity index (χ3n) is 3.18. The van der Waals surface area contributed by atoms with Gasteiger partial charge in [0.05, 0.1) is 4.90 Å². The number of aryl methyl sites for hydroxylation is 2. The fraction of sp³-hybridized carbons (Fsp3) is 0.357. The lowest BCUT2D eigenvalue weighted by Crippen LogP contribution is -2.27. The number of nitrogens with zero attached hydrogens (tertiary/aromatic N) is 1. The predicted octanol–water partition coefficient (Wildman–Crippen LogP) is 2.37. The molecule has 0 saturated heterocycles. The summed E-state index contributed by atoms with van der Waals surface area (Å²) in [5.74, 6) is 1.98. The maximum Gasteiger partial charge on any atom is 0.241 e. The number of aromatic nitrogens is 1. The highest BCUT2D eigenvalue weighted by atomic mass is 32.2. The summed E-state index contributed by atoms with van der Waals surface area (Å²) in [4.78, 5) is 4.18. The molecule has 0 aromatic carbocycles. The Morgan fingerprint density at radius 1 is 1.29 bits per heavy atom. The average molecular weight is 309 g/mol. The van der Waals surface area contributed by atoms with E-state index in [4.69, 9.17) is 4.42 Å². The molecule has 21 heavy (non-hydrogen) atoms. The van der Waals surface area contributed by atoms with Crippen LogP contribution in [-0.4, -0.2) is 20.4 Å². The number of hydrogen-bond donors (Lipinski definition) is 2. The van der Waals surface area contributed by atoms with Crippen LogP contribution in [-0.2, 0) is 10.0 Å². The minimum atomic E-state index is -3.62. The molecule has 0 saturated carbocycles. The number of nitrogens with one attached hydrogen (secondary N) is 2. The number of anilines is 1. The van der Waals surface area contributed by atoms with Crippen molar-refractivity contribution < 1.29 is 12.8 Å². The summed E-state index contributed by atoms with van der Waals surface area (Å²) < 4.78 is 32.9.